The maximum Gasteiger partial charge on any atom is 0.351 e. The number of ether oxygens (including phenoxy) is 1. The van der Waals surface area contributed by atoms with Crippen molar-refractivity contribution in [3.8, 4) is 0 Å². The van der Waals surface area contributed by atoms with Gasteiger partial charge in [0.2, 0.25) is 0 Å². The molecule has 0 N–H and O–H groups in total. The lowest BCUT2D eigenvalue weighted by Gasteiger charge is -2.10. The third kappa shape index (κ3) is 4.07. The highest BCUT2D eigenvalue weighted by atomic mass is 32.2. The van der Waals surface area contributed by atoms with Gasteiger partial charge >= 0.3 is 5.97 Å². The Labute approximate surface area is 116 Å². The van der Waals surface area contributed by atoms with E-state index in [0.29, 0.717) is 4.24 Å². The number of hydrogen-bond acceptors (Lipinski definition) is 6. The SMILES string of the molecule is CCCCOC(=O)C(=C1SC=CS1)S(=O)(=O)CC. The van der Waals surface area contributed by atoms with Crippen LogP contribution < -0.4 is 0 Å². The van der Waals surface area contributed by atoms with Gasteiger partial charge in [0, 0.05) is 0 Å². The second-order valence-corrected chi connectivity index (χ2v) is 7.82. The molecule has 0 saturated carbocycles. The summed E-state index contributed by atoms with van der Waals surface area (Å²) in [4.78, 5) is 11.7. The van der Waals surface area contributed by atoms with Crippen molar-refractivity contribution in [1.82, 2.24) is 0 Å². The fourth-order valence-corrected chi connectivity index (χ4v) is 4.70. The summed E-state index contributed by atoms with van der Waals surface area (Å²) in [5.74, 6) is -0.834. The first-order valence-corrected chi connectivity index (χ1v) is 9.06. The van der Waals surface area contributed by atoms with Crippen molar-refractivity contribution in [3.05, 3.63) is 20.0 Å². The van der Waals surface area contributed by atoms with Crippen LogP contribution in [-0.2, 0) is 19.4 Å². The van der Waals surface area contributed by atoms with Crippen LogP contribution in [0.25, 0.3) is 0 Å². The standard InChI is InChI=1S/C11H16O4S3/c1-3-5-6-15-10(12)9(18(13,14)4-2)11-16-7-8-17-11/h7-8H,3-6H2,1-2H3. The smallest absolute Gasteiger partial charge is 0.351 e. The van der Waals surface area contributed by atoms with E-state index in [2.05, 4.69) is 0 Å². The molecular formula is C11H16O4S3. The molecular weight excluding hydrogens is 292 g/mol. The van der Waals surface area contributed by atoms with Gasteiger partial charge in [0.15, 0.2) is 14.7 Å². The normalized spacial score (nSPS) is 14.9. The Hall–Kier alpha value is -0.400. The summed E-state index contributed by atoms with van der Waals surface area (Å²) in [6.07, 6.45) is 1.63. The summed E-state index contributed by atoms with van der Waals surface area (Å²) in [5, 5.41) is 3.51. The van der Waals surface area contributed by atoms with Gasteiger partial charge in [0.1, 0.15) is 0 Å². The summed E-state index contributed by atoms with van der Waals surface area (Å²) in [6.45, 7) is 3.75. The first-order chi connectivity index (χ1) is 8.53. The maximum absolute atomic E-state index is 11.9. The van der Waals surface area contributed by atoms with Crippen molar-refractivity contribution in [2.24, 2.45) is 0 Å². The molecule has 0 aromatic carbocycles. The highest BCUT2D eigenvalue weighted by Gasteiger charge is 2.30. The zero-order valence-electron chi connectivity index (χ0n) is 10.3. The Kier molecular flexibility index (Phi) is 6.31. The molecule has 0 aromatic rings. The quantitative estimate of drug-likeness (QED) is 0.427. The summed E-state index contributed by atoms with van der Waals surface area (Å²) < 4.78 is 29.4. The number of carbonyl (C=O) groups is 1. The molecule has 1 rings (SSSR count). The summed E-state index contributed by atoms with van der Waals surface area (Å²) in [6, 6.07) is 0. The van der Waals surface area contributed by atoms with Crippen LogP contribution in [0.3, 0.4) is 0 Å². The average molecular weight is 308 g/mol. The van der Waals surface area contributed by atoms with Gasteiger partial charge in [-0.1, -0.05) is 43.8 Å². The molecule has 0 aromatic heterocycles. The van der Waals surface area contributed by atoms with Crippen LogP contribution in [0.4, 0.5) is 0 Å². The van der Waals surface area contributed by atoms with Gasteiger partial charge in [-0.25, -0.2) is 13.2 Å². The molecule has 0 bridgehead atoms. The Morgan fingerprint density at radius 3 is 2.39 bits per heavy atom. The van der Waals surface area contributed by atoms with Crippen LogP contribution >= 0.6 is 23.5 Å². The molecule has 102 valence electrons. The Morgan fingerprint density at radius 2 is 1.89 bits per heavy atom. The van der Waals surface area contributed by atoms with E-state index >= 15 is 0 Å². The zero-order chi connectivity index (χ0) is 13.6. The van der Waals surface area contributed by atoms with Gasteiger partial charge in [-0.05, 0) is 17.2 Å². The van der Waals surface area contributed by atoms with Crippen LogP contribution in [0.15, 0.2) is 20.0 Å². The van der Waals surface area contributed by atoms with Crippen LogP contribution in [0.5, 0.6) is 0 Å². The first kappa shape index (κ1) is 15.7. The predicted molar refractivity (Wildman–Crippen MR) is 76.7 cm³/mol. The molecule has 18 heavy (non-hydrogen) atoms. The summed E-state index contributed by atoms with van der Waals surface area (Å²) in [7, 11) is -3.56. The van der Waals surface area contributed by atoms with E-state index in [0.717, 1.165) is 12.8 Å². The first-order valence-electron chi connectivity index (χ1n) is 5.65. The van der Waals surface area contributed by atoms with Crippen LogP contribution in [0.2, 0.25) is 0 Å². The van der Waals surface area contributed by atoms with E-state index in [-0.39, 0.29) is 17.3 Å². The average Bonchev–Trinajstić information content (AvgIpc) is 2.83. The van der Waals surface area contributed by atoms with E-state index in [9.17, 15) is 13.2 Å². The molecule has 4 nitrogen and oxygen atoms in total. The van der Waals surface area contributed by atoms with Crippen LogP contribution in [0.1, 0.15) is 26.7 Å². The van der Waals surface area contributed by atoms with Gasteiger partial charge in [0.05, 0.1) is 16.6 Å². The second-order valence-electron chi connectivity index (χ2n) is 3.52. The Morgan fingerprint density at radius 1 is 1.28 bits per heavy atom. The third-order valence-corrected chi connectivity index (χ3v) is 6.34. The lowest BCUT2D eigenvalue weighted by atomic mass is 10.4. The molecule has 1 heterocycles. The molecule has 0 aliphatic carbocycles. The number of hydrogen-bond donors (Lipinski definition) is 0. The molecule has 0 spiro atoms. The third-order valence-electron chi connectivity index (χ3n) is 2.20. The fraction of sp³-hybridized carbons (Fsp3) is 0.545. The minimum absolute atomic E-state index is 0.101. The molecule has 1 aliphatic heterocycles. The zero-order valence-corrected chi connectivity index (χ0v) is 12.8. The molecule has 0 unspecified atom stereocenters. The molecule has 1 aliphatic rings. The summed E-state index contributed by atoms with van der Waals surface area (Å²) in [5.41, 5.74) is 0. The topological polar surface area (TPSA) is 60.4 Å². The number of rotatable bonds is 6. The monoisotopic (exact) mass is 308 g/mol. The van der Waals surface area contributed by atoms with Gasteiger partial charge < -0.3 is 4.74 Å². The van der Waals surface area contributed by atoms with Gasteiger partial charge in [-0.3, -0.25) is 0 Å². The molecule has 7 heteroatoms. The van der Waals surface area contributed by atoms with E-state index in [1.807, 2.05) is 6.92 Å². The number of carbonyl (C=O) groups excluding carboxylic acids is 1. The molecule has 0 atom stereocenters. The lowest BCUT2D eigenvalue weighted by Crippen LogP contribution is -2.19. The fourth-order valence-electron chi connectivity index (χ4n) is 1.17. The molecule has 0 fully saturated rings. The highest BCUT2D eigenvalue weighted by molar-refractivity contribution is 8.28. The van der Waals surface area contributed by atoms with Gasteiger partial charge in [-0.15, -0.1) is 0 Å². The van der Waals surface area contributed by atoms with Gasteiger partial charge in [-0.2, -0.15) is 0 Å². The van der Waals surface area contributed by atoms with Crippen molar-refractivity contribution >= 4 is 39.3 Å². The van der Waals surface area contributed by atoms with Crippen molar-refractivity contribution in [3.63, 3.8) is 0 Å². The number of unbranched alkanes of at least 4 members (excludes halogenated alkanes) is 1. The largest absolute Gasteiger partial charge is 0.462 e. The van der Waals surface area contributed by atoms with Crippen molar-refractivity contribution in [1.29, 1.82) is 0 Å². The van der Waals surface area contributed by atoms with E-state index in [1.165, 1.54) is 30.4 Å². The van der Waals surface area contributed by atoms with E-state index < -0.39 is 15.8 Å². The molecule has 0 amide bonds. The summed E-state index contributed by atoms with van der Waals surface area (Å²) >= 11 is 2.48. The molecule has 0 saturated heterocycles. The van der Waals surface area contributed by atoms with E-state index in [1.54, 1.807) is 10.8 Å². The van der Waals surface area contributed by atoms with E-state index in [4.69, 9.17) is 4.74 Å². The Bertz CT molecular complexity index is 453. The minimum atomic E-state index is -3.56. The second kappa shape index (κ2) is 7.25. The van der Waals surface area contributed by atoms with Crippen LogP contribution in [-0.4, -0.2) is 26.7 Å². The van der Waals surface area contributed by atoms with Crippen molar-refractivity contribution in [2.75, 3.05) is 12.4 Å². The predicted octanol–water partition coefficient (Wildman–Crippen LogP) is 2.88. The maximum atomic E-state index is 11.9. The minimum Gasteiger partial charge on any atom is -0.462 e. The number of esters is 1. The van der Waals surface area contributed by atoms with Gasteiger partial charge in [0.25, 0.3) is 0 Å². The Balaban J connectivity index is 2.93. The van der Waals surface area contributed by atoms with Crippen molar-refractivity contribution in [2.45, 2.75) is 26.7 Å². The lowest BCUT2D eigenvalue weighted by molar-refractivity contribution is -0.138. The number of sulfone groups is 1. The van der Waals surface area contributed by atoms with Crippen molar-refractivity contribution < 1.29 is 17.9 Å². The molecule has 0 radical (unpaired) electrons. The number of thioether (sulfide) groups is 2. The van der Waals surface area contributed by atoms with Crippen LogP contribution in [0, 0.1) is 0 Å². The highest BCUT2D eigenvalue weighted by Crippen LogP contribution is 2.41.